The zero-order valence-corrected chi connectivity index (χ0v) is 6.77. The van der Waals surface area contributed by atoms with Crippen LogP contribution in [-0.2, 0) is 0 Å². The Morgan fingerprint density at radius 1 is 1.50 bits per heavy atom. The monoisotopic (exact) mass is 139 g/mol. The van der Waals surface area contributed by atoms with Gasteiger partial charge in [-0.05, 0) is 6.42 Å². The Morgan fingerprint density at radius 2 is 2.20 bits per heavy atom. The first-order chi connectivity index (χ1) is 4.85. The summed E-state index contributed by atoms with van der Waals surface area (Å²) in [5.41, 5.74) is 0. The van der Waals surface area contributed by atoms with Crippen LogP contribution in [0.4, 0.5) is 0 Å². The number of nitrogens with one attached hydrogen (secondary N) is 1. The average molecular weight is 139 g/mol. The second-order valence-corrected chi connectivity index (χ2v) is 2.33. The number of rotatable bonds is 6. The summed E-state index contributed by atoms with van der Waals surface area (Å²) in [6.07, 6.45) is 6.18. The molecule has 0 aliphatic carbocycles. The van der Waals surface area contributed by atoms with Crippen LogP contribution in [0.15, 0.2) is 25.3 Å². The quantitative estimate of drug-likeness (QED) is 0.556. The van der Waals surface area contributed by atoms with E-state index in [-0.39, 0.29) is 0 Å². The van der Waals surface area contributed by atoms with Crippen LogP contribution in [0.2, 0.25) is 0 Å². The minimum Gasteiger partial charge on any atom is -0.307 e. The fraction of sp³-hybridized carbons (Fsp3) is 0.556. The topological polar surface area (TPSA) is 12.0 Å². The maximum atomic E-state index is 3.74. The van der Waals surface area contributed by atoms with E-state index < -0.39 is 0 Å². The molecule has 0 aromatic rings. The lowest BCUT2D eigenvalue weighted by Gasteiger charge is -2.10. The molecule has 0 heterocycles. The van der Waals surface area contributed by atoms with Crippen LogP contribution in [0.3, 0.4) is 0 Å². The van der Waals surface area contributed by atoms with E-state index in [1.54, 1.807) is 0 Å². The molecular formula is C9H17N. The van der Waals surface area contributed by atoms with Gasteiger partial charge in [0.15, 0.2) is 0 Å². The normalized spacial score (nSPS) is 12.5. The van der Waals surface area contributed by atoms with Gasteiger partial charge in [0.2, 0.25) is 0 Å². The molecule has 1 heteroatoms. The second-order valence-electron chi connectivity index (χ2n) is 2.33. The largest absolute Gasteiger partial charge is 0.307 e. The molecule has 1 N–H and O–H groups in total. The van der Waals surface area contributed by atoms with Crippen molar-refractivity contribution < 1.29 is 0 Å². The van der Waals surface area contributed by atoms with Crippen LogP contribution in [-0.4, -0.2) is 12.6 Å². The van der Waals surface area contributed by atoms with E-state index in [2.05, 4.69) is 25.4 Å². The molecule has 0 aromatic heterocycles. The molecule has 58 valence electrons. The van der Waals surface area contributed by atoms with Crippen molar-refractivity contribution in [2.45, 2.75) is 25.8 Å². The molecular weight excluding hydrogens is 122 g/mol. The molecule has 0 fully saturated rings. The molecule has 1 atom stereocenters. The highest BCUT2D eigenvalue weighted by Crippen LogP contribution is 1.95. The summed E-state index contributed by atoms with van der Waals surface area (Å²) in [5, 5.41) is 3.28. The molecule has 0 spiro atoms. The van der Waals surface area contributed by atoms with Crippen molar-refractivity contribution >= 4 is 0 Å². The van der Waals surface area contributed by atoms with Crippen LogP contribution in [0.25, 0.3) is 0 Å². The lowest BCUT2D eigenvalue weighted by Crippen LogP contribution is -2.26. The maximum Gasteiger partial charge on any atom is 0.0250 e. The van der Waals surface area contributed by atoms with Crippen molar-refractivity contribution in [1.29, 1.82) is 0 Å². The molecule has 0 aromatic carbocycles. The number of hydrogen-bond donors (Lipinski definition) is 1. The third-order valence-electron chi connectivity index (χ3n) is 1.41. The second kappa shape index (κ2) is 6.56. The highest BCUT2D eigenvalue weighted by molar-refractivity contribution is 4.87. The first kappa shape index (κ1) is 9.44. The Morgan fingerprint density at radius 3 is 2.60 bits per heavy atom. The van der Waals surface area contributed by atoms with Crippen LogP contribution in [0.1, 0.15) is 19.8 Å². The standard InChI is InChI=1S/C9H17N/c1-4-7-9(6-3)10-8-5-2/h5-6,9-10H,2-4,7-8H2,1H3/t9-/m0/s1. The van der Waals surface area contributed by atoms with Crippen LogP contribution < -0.4 is 5.32 Å². The Bertz CT molecular complexity index is 96.9. The molecule has 0 rings (SSSR count). The SMILES string of the molecule is C=CCN[C@@H](C=C)CCC. The summed E-state index contributed by atoms with van der Waals surface area (Å²) in [7, 11) is 0. The van der Waals surface area contributed by atoms with Gasteiger partial charge in [0.1, 0.15) is 0 Å². The lowest BCUT2D eigenvalue weighted by atomic mass is 10.2. The Labute approximate surface area is 63.8 Å². The van der Waals surface area contributed by atoms with Gasteiger partial charge in [0.05, 0.1) is 0 Å². The highest BCUT2D eigenvalue weighted by atomic mass is 14.9. The van der Waals surface area contributed by atoms with Gasteiger partial charge in [0, 0.05) is 12.6 Å². The molecule has 0 aliphatic rings. The summed E-state index contributed by atoms with van der Waals surface area (Å²) < 4.78 is 0. The zero-order valence-electron chi connectivity index (χ0n) is 6.77. The van der Waals surface area contributed by atoms with Crippen molar-refractivity contribution in [2.24, 2.45) is 0 Å². The predicted molar refractivity (Wildman–Crippen MR) is 47.1 cm³/mol. The van der Waals surface area contributed by atoms with E-state index in [0.29, 0.717) is 6.04 Å². The number of hydrogen-bond acceptors (Lipinski definition) is 1. The summed E-state index contributed by atoms with van der Waals surface area (Å²) >= 11 is 0. The van der Waals surface area contributed by atoms with Gasteiger partial charge in [-0.3, -0.25) is 0 Å². The molecule has 0 unspecified atom stereocenters. The third-order valence-corrected chi connectivity index (χ3v) is 1.41. The molecule has 10 heavy (non-hydrogen) atoms. The van der Waals surface area contributed by atoms with Gasteiger partial charge in [-0.2, -0.15) is 0 Å². The predicted octanol–water partition coefficient (Wildman–Crippen LogP) is 2.12. The van der Waals surface area contributed by atoms with Crippen LogP contribution >= 0.6 is 0 Å². The van der Waals surface area contributed by atoms with Gasteiger partial charge in [-0.15, -0.1) is 13.2 Å². The first-order valence-electron chi connectivity index (χ1n) is 3.82. The average Bonchev–Trinajstić information content (AvgIpc) is 1.98. The smallest absolute Gasteiger partial charge is 0.0250 e. The fourth-order valence-corrected chi connectivity index (χ4v) is 0.849. The minimum atomic E-state index is 0.461. The fourth-order valence-electron chi connectivity index (χ4n) is 0.849. The lowest BCUT2D eigenvalue weighted by molar-refractivity contribution is 0.582. The minimum absolute atomic E-state index is 0.461. The van der Waals surface area contributed by atoms with Gasteiger partial charge in [0.25, 0.3) is 0 Å². The van der Waals surface area contributed by atoms with E-state index in [0.717, 1.165) is 13.0 Å². The third kappa shape index (κ3) is 4.33. The maximum absolute atomic E-state index is 3.74. The molecule has 0 bridgehead atoms. The van der Waals surface area contributed by atoms with Gasteiger partial charge in [-0.25, -0.2) is 0 Å². The van der Waals surface area contributed by atoms with E-state index in [9.17, 15) is 0 Å². The van der Waals surface area contributed by atoms with Crippen molar-refractivity contribution in [2.75, 3.05) is 6.54 Å². The molecule has 0 saturated carbocycles. The summed E-state index contributed by atoms with van der Waals surface area (Å²) in [6, 6.07) is 0.461. The molecule has 0 aliphatic heterocycles. The van der Waals surface area contributed by atoms with Gasteiger partial charge < -0.3 is 5.32 Å². The summed E-state index contributed by atoms with van der Waals surface area (Å²) in [5.74, 6) is 0. The Hall–Kier alpha value is -0.560. The Balaban J connectivity index is 3.38. The van der Waals surface area contributed by atoms with Crippen molar-refractivity contribution in [3.63, 3.8) is 0 Å². The summed E-state index contributed by atoms with van der Waals surface area (Å²) in [6.45, 7) is 10.4. The van der Waals surface area contributed by atoms with E-state index >= 15 is 0 Å². The molecule has 0 radical (unpaired) electrons. The van der Waals surface area contributed by atoms with E-state index in [1.165, 1.54) is 6.42 Å². The summed E-state index contributed by atoms with van der Waals surface area (Å²) in [4.78, 5) is 0. The zero-order chi connectivity index (χ0) is 7.82. The first-order valence-corrected chi connectivity index (χ1v) is 3.82. The van der Waals surface area contributed by atoms with Crippen molar-refractivity contribution in [3.05, 3.63) is 25.3 Å². The molecule has 0 saturated heterocycles. The van der Waals surface area contributed by atoms with E-state index in [4.69, 9.17) is 0 Å². The Kier molecular flexibility index (Phi) is 6.19. The van der Waals surface area contributed by atoms with Crippen LogP contribution in [0, 0.1) is 0 Å². The molecule has 1 nitrogen and oxygen atoms in total. The molecule has 0 amide bonds. The van der Waals surface area contributed by atoms with Crippen LogP contribution in [0.5, 0.6) is 0 Å². The van der Waals surface area contributed by atoms with Gasteiger partial charge in [-0.1, -0.05) is 25.5 Å². The van der Waals surface area contributed by atoms with E-state index in [1.807, 2.05) is 12.2 Å². The van der Waals surface area contributed by atoms with Gasteiger partial charge >= 0.3 is 0 Å². The highest BCUT2D eigenvalue weighted by Gasteiger charge is 1.97. The van der Waals surface area contributed by atoms with Crippen molar-refractivity contribution in [1.82, 2.24) is 5.32 Å². The van der Waals surface area contributed by atoms with Crippen molar-refractivity contribution in [3.8, 4) is 0 Å².